The molecule has 0 saturated carbocycles. The van der Waals surface area contributed by atoms with Crippen LogP contribution in [0.3, 0.4) is 0 Å². The molecule has 1 fully saturated rings. The molecule has 2 heterocycles. The SMILES string of the molecule is O=C1CCC(CNCc2ccc3oc(C(=O)O)cc3c2)N1. The van der Waals surface area contributed by atoms with E-state index in [1.165, 1.54) is 6.07 Å². The number of nitrogens with one attached hydrogen (secondary N) is 2. The Kier molecular flexibility index (Phi) is 3.62. The normalized spacial score (nSPS) is 18.1. The fourth-order valence-corrected chi connectivity index (χ4v) is 2.53. The summed E-state index contributed by atoms with van der Waals surface area (Å²) in [5.74, 6) is -1.01. The van der Waals surface area contributed by atoms with Gasteiger partial charge in [0.05, 0.1) is 0 Å². The van der Waals surface area contributed by atoms with Gasteiger partial charge in [-0.15, -0.1) is 0 Å². The van der Waals surface area contributed by atoms with Gasteiger partial charge in [-0.25, -0.2) is 4.79 Å². The van der Waals surface area contributed by atoms with Crippen molar-refractivity contribution in [1.29, 1.82) is 0 Å². The standard InChI is InChI=1S/C15H16N2O4/c18-14-4-2-11(17-14)8-16-7-9-1-3-12-10(5-9)6-13(21-12)15(19)20/h1,3,5-6,11,16H,2,4,7-8H2,(H,17,18)(H,19,20). The van der Waals surface area contributed by atoms with Crippen LogP contribution in [0.1, 0.15) is 29.0 Å². The summed E-state index contributed by atoms with van der Waals surface area (Å²) in [7, 11) is 0. The van der Waals surface area contributed by atoms with E-state index in [4.69, 9.17) is 9.52 Å². The smallest absolute Gasteiger partial charge is 0.371 e. The number of carboxylic acid groups (broad SMARTS) is 1. The molecule has 0 spiro atoms. The van der Waals surface area contributed by atoms with Crippen LogP contribution in [0, 0.1) is 0 Å². The Bertz CT molecular complexity index is 692. The van der Waals surface area contributed by atoms with Gasteiger partial charge in [0.25, 0.3) is 0 Å². The summed E-state index contributed by atoms with van der Waals surface area (Å²) in [6.07, 6.45) is 1.47. The molecule has 0 aliphatic carbocycles. The molecule has 110 valence electrons. The molecule has 21 heavy (non-hydrogen) atoms. The maximum absolute atomic E-state index is 11.1. The fraction of sp³-hybridized carbons (Fsp3) is 0.333. The van der Waals surface area contributed by atoms with E-state index in [2.05, 4.69) is 10.6 Å². The third-order valence-electron chi connectivity index (χ3n) is 3.60. The molecule has 6 heteroatoms. The minimum atomic E-state index is -1.07. The van der Waals surface area contributed by atoms with Gasteiger partial charge in [-0.3, -0.25) is 4.79 Å². The Balaban J connectivity index is 1.61. The fourth-order valence-electron chi connectivity index (χ4n) is 2.53. The second-order valence-electron chi connectivity index (χ2n) is 5.22. The number of hydrogen-bond donors (Lipinski definition) is 3. The van der Waals surface area contributed by atoms with E-state index in [-0.39, 0.29) is 17.7 Å². The van der Waals surface area contributed by atoms with Crippen molar-refractivity contribution in [2.24, 2.45) is 0 Å². The lowest BCUT2D eigenvalue weighted by Gasteiger charge is -2.11. The number of carbonyl (C=O) groups is 2. The van der Waals surface area contributed by atoms with Crippen LogP contribution in [0.25, 0.3) is 11.0 Å². The number of aromatic carboxylic acids is 1. The zero-order valence-electron chi connectivity index (χ0n) is 11.4. The topological polar surface area (TPSA) is 91.6 Å². The number of rotatable bonds is 5. The van der Waals surface area contributed by atoms with E-state index in [0.717, 1.165) is 23.9 Å². The minimum Gasteiger partial charge on any atom is -0.475 e. The highest BCUT2D eigenvalue weighted by Crippen LogP contribution is 2.20. The number of fused-ring (bicyclic) bond motifs is 1. The van der Waals surface area contributed by atoms with E-state index in [1.54, 1.807) is 6.07 Å². The van der Waals surface area contributed by atoms with Gasteiger partial charge < -0.3 is 20.2 Å². The number of furan rings is 1. The molecule has 3 N–H and O–H groups in total. The molecule has 1 aromatic heterocycles. The highest BCUT2D eigenvalue weighted by molar-refractivity contribution is 5.91. The first kappa shape index (κ1) is 13.6. The molecule has 1 unspecified atom stereocenters. The first-order valence-electron chi connectivity index (χ1n) is 6.87. The molecule has 6 nitrogen and oxygen atoms in total. The van der Waals surface area contributed by atoms with Gasteiger partial charge in [0, 0.05) is 30.9 Å². The van der Waals surface area contributed by atoms with Crippen molar-refractivity contribution in [2.45, 2.75) is 25.4 Å². The summed E-state index contributed by atoms with van der Waals surface area (Å²) in [4.78, 5) is 22.0. The van der Waals surface area contributed by atoms with Crippen LogP contribution in [0.15, 0.2) is 28.7 Å². The molecule has 1 amide bonds. The number of hydrogen-bond acceptors (Lipinski definition) is 4. The first-order chi connectivity index (χ1) is 10.1. The molecule has 1 saturated heterocycles. The third kappa shape index (κ3) is 3.05. The molecule has 1 aliphatic rings. The molecule has 0 radical (unpaired) electrons. The maximum Gasteiger partial charge on any atom is 0.371 e. The molecule has 0 bridgehead atoms. The van der Waals surface area contributed by atoms with Crippen LogP contribution in [-0.4, -0.2) is 29.6 Å². The predicted octanol–water partition coefficient (Wildman–Crippen LogP) is 1.50. The summed E-state index contributed by atoms with van der Waals surface area (Å²) in [6.45, 7) is 1.39. The zero-order chi connectivity index (χ0) is 14.8. The van der Waals surface area contributed by atoms with Gasteiger partial charge >= 0.3 is 5.97 Å². The summed E-state index contributed by atoms with van der Waals surface area (Å²) < 4.78 is 5.21. The second-order valence-corrected chi connectivity index (χ2v) is 5.22. The Labute approximate surface area is 121 Å². The highest BCUT2D eigenvalue weighted by atomic mass is 16.4. The third-order valence-corrected chi connectivity index (χ3v) is 3.60. The van der Waals surface area contributed by atoms with E-state index in [1.807, 2.05) is 12.1 Å². The maximum atomic E-state index is 11.1. The second kappa shape index (κ2) is 5.57. The monoisotopic (exact) mass is 288 g/mol. The molecule has 1 atom stereocenters. The Morgan fingerprint density at radius 3 is 3.00 bits per heavy atom. The number of carboxylic acids is 1. The number of amides is 1. The zero-order valence-corrected chi connectivity index (χ0v) is 11.4. The van der Waals surface area contributed by atoms with Crippen molar-refractivity contribution in [1.82, 2.24) is 10.6 Å². The summed E-state index contributed by atoms with van der Waals surface area (Å²) >= 11 is 0. The molecular weight excluding hydrogens is 272 g/mol. The van der Waals surface area contributed by atoms with Gasteiger partial charge in [0.2, 0.25) is 11.7 Å². The Hall–Kier alpha value is -2.34. The van der Waals surface area contributed by atoms with Crippen LogP contribution in [0.5, 0.6) is 0 Å². The van der Waals surface area contributed by atoms with Crippen LogP contribution < -0.4 is 10.6 Å². The van der Waals surface area contributed by atoms with Gasteiger partial charge in [-0.2, -0.15) is 0 Å². The average Bonchev–Trinajstić information content (AvgIpc) is 3.04. The van der Waals surface area contributed by atoms with Crippen molar-refractivity contribution < 1.29 is 19.1 Å². The lowest BCUT2D eigenvalue weighted by Crippen LogP contribution is -2.35. The first-order valence-corrected chi connectivity index (χ1v) is 6.87. The average molecular weight is 288 g/mol. The Morgan fingerprint density at radius 2 is 2.29 bits per heavy atom. The van der Waals surface area contributed by atoms with Crippen molar-refractivity contribution in [3.05, 3.63) is 35.6 Å². The van der Waals surface area contributed by atoms with Crippen LogP contribution in [0.2, 0.25) is 0 Å². The summed E-state index contributed by atoms with van der Waals surface area (Å²) in [5.41, 5.74) is 1.61. The minimum absolute atomic E-state index is 0.0521. The van der Waals surface area contributed by atoms with Crippen LogP contribution in [-0.2, 0) is 11.3 Å². The van der Waals surface area contributed by atoms with E-state index >= 15 is 0 Å². The van der Waals surface area contributed by atoms with Gasteiger partial charge in [-0.05, 0) is 30.2 Å². The van der Waals surface area contributed by atoms with Crippen LogP contribution >= 0.6 is 0 Å². The van der Waals surface area contributed by atoms with Crippen molar-refractivity contribution >= 4 is 22.8 Å². The van der Waals surface area contributed by atoms with Gasteiger partial charge in [0.15, 0.2) is 0 Å². The van der Waals surface area contributed by atoms with Crippen molar-refractivity contribution in [3.8, 4) is 0 Å². The predicted molar refractivity (Wildman–Crippen MR) is 76.0 cm³/mol. The van der Waals surface area contributed by atoms with Gasteiger partial charge in [-0.1, -0.05) is 6.07 Å². The highest BCUT2D eigenvalue weighted by Gasteiger charge is 2.19. The van der Waals surface area contributed by atoms with E-state index < -0.39 is 5.97 Å². The van der Waals surface area contributed by atoms with Crippen molar-refractivity contribution in [2.75, 3.05) is 6.54 Å². The van der Waals surface area contributed by atoms with Crippen molar-refractivity contribution in [3.63, 3.8) is 0 Å². The van der Waals surface area contributed by atoms with Crippen LogP contribution in [0.4, 0.5) is 0 Å². The lowest BCUT2D eigenvalue weighted by atomic mass is 10.1. The van der Waals surface area contributed by atoms with E-state index in [9.17, 15) is 9.59 Å². The number of benzene rings is 1. The quantitative estimate of drug-likeness (QED) is 0.775. The molecule has 1 aromatic carbocycles. The van der Waals surface area contributed by atoms with E-state index in [0.29, 0.717) is 18.5 Å². The largest absolute Gasteiger partial charge is 0.475 e. The molecule has 3 rings (SSSR count). The summed E-state index contributed by atoms with van der Waals surface area (Å²) in [5, 5.41) is 15.9. The lowest BCUT2D eigenvalue weighted by molar-refractivity contribution is -0.119. The molecular formula is C15H16N2O4. The number of carbonyl (C=O) groups excluding carboxylic acids is 1. The molecule has 2 aromatic rings. The Morgan fingerprint density at radius 1 is 1.43 bits per heavy atom. The van der Waals surface area contributed by atoms with Gasteiger partial charge in [0.1, 0.15) is 5.58 Å². The summed E-state index contributed by atoms with van der Waals surface area (Å²) in [6, 6.07) is 7.31. The molecule has 1 aliphatic heterocycles.